The van der Waals surface area contributed by atoms with Gasteiger partial charge in [0.25, 0.3) is 0 Å². The molecular formula is C22H33N5. The summed E-state index contributed by atoms with van der Waals surface area (Å²) in [4.78, 5) is 14.3. The Balaban J connectivity index is 1.66. The van der Waals surface area contributed by atoms with Crippen LogP contribution in [0.25, 0.3) is 0 Å². The second-order valence-corrected chi connectivity index (χ2v) is 7.99. The lowest BCUT2D eigenvalue weighted by Gasteiger charge is -2.31. The molecule has 0 fully saturated rings. The molecule has 2 aromatic rings. The van der Waals surface area contributed by atoms with Crippen LogP contribution in [0.1, 0.15) is 44.5 Å². The molecule has 1 aromatic carbocycles. The minimum atomic E-state index is 0.544. The number of nitrogens with zero attached hydrogens (tertiary/aromatic N) is 4. The molecule has 0 bridgehead atoms. The molecule has 2 heterocycles. The smallest absolute Gasteiger partial charge is 0.227 e. The maximum atomic E-state index is 4.80. The highest BCUT2D eigenvalue weighted by molar-refractivity contribution is 5.46. The van der Waals surface area contributed by atoms with Crippen molar-refractivity contribution in [1.29, 1.82) is 0 Å². The van der Waals surface area contributed by atoms with Gasteiger partial charge >= 0.3 is 0 Å². The van der Waals surface area contributed by atoms with E-state index in [9.17, 15) is 0 Å². The third-order valence-electron chi connectivity index (χ3n) is 5.26. The van der Waals surface area contributed by atoms with Crippen molar-refractivity contribution in [2.45, 2.75) is 59.7 Å². The van der Waals surface area contributed by atoms with Crippen LogP contribution in [0.2, 0.25) is 0 Å². The topological polar surface area (TPSA) is 44.3 Å². The van der Waals surface area contributed by atoms with Crippen LogP contribution in [0.15, 0.2) is 30.3 Å². The Bertz CT molecular complexity index is 748. The number of benzene rings is 1. The molecule has 1 aliphatic heterocycles. The lowest BCUT2D eigenvalue weighted by Crippen LogP contribution is -2.40. The Labute approximate surface area is 163 Å². The van der Waals surface area contributed by atoms with Crippen LogP contribution in [0, 0.1) is 6.92 Å². The van der Waals surface area contributed by atoms with Crippen LogP contribution < -0.4 is 10.2 Å². The largest absolute Gasteiger partial charge is 0.369 e. The van der Waals surface area contributed by atoms with Gasteiger partial charge in [-0.05, 0) is 52.2 Å². The first-order valence-corrected chi connectivity index (χ1v) is 10.1. The van der Waals surface area contributed by atoms with Gasteiger partial charge in [0, 0.05) is 50.0 Å². The number of anilines is 2. The molecule has 0 atom stereocenters. The van der Waals surface area contributed by atoms with Crippen LogP contribution in [-0.4, -0.2) is 46.6 Å². The van der Waals surface area contributed by atoms with E-state index in [0.29, 0.717) is 12.1 Å². The van der Waals surface area contributed by atoms with Crippen molar-refractivity contribution < 1.29 is 0 Å². The maximum Gasteiger partial charge on any atom is 0.227 e. The van der Waals surface area contributed by atoms with Gasteiger partial charge in [-0.1, -0.05) is 24.3 Å². The zero-order valence-corrected chi connectivity index (χ0v) is 17.4. The zero-order valence-electron chi connectivity index (χ0n) is 17.4. The molecule has 1 aliphatic rings. The molecule has 146 valence electrons. The predicted octanol–water partition coefficient (Wildman–Crippen LogP) is 3.88. The Morgan fingerprint density at radius 2 is 1.78 bits per heavy atom. The van der Waals surface area contributed by atoms with Crippen molar-refractivity contribution in [3.8, 4) is 0 Å². The molecular weight excluding hydrogens is 334 g/mol. The summed E-state index contributed by atoms with van der Waals surface area (Å²) in [6, 6.07) is 11.8. The van der Waals surface area contributed by atoms with E-state index >= 15 is 0 Å². The third kappa shape index (κ3) is 4.98. The van der Waals surface area contributed by atoms with E-state index < -0.39 is 0 Å². The molecule has 5 nitrogen and oxygen atoms in total. The average Bonchev–Trinajstić information content (AvgIpc) is 2.63. The second kappa shape index (κ2) is 8.70. The summed E-state index contributed by atoms with van der Waals surface area (Å²) in [5.74, 6) is 1.75. The van der Waals surface area contributed by atoms with Crippen LogP contribution in [0.5, 0.6) is 0 Å². The first-order valence-electron chi connectivity index (χ1n) is 10.1. The Morgan fingerprint density at radius 3 is 2.48 bits per heavy atom. The molecule has 0 unspecified atom stereocenters. The van der Waals surface area contributed by atoms with Gasteiger partial charge in [-0.25, -0.2) is 4.98 Å². The Morgan fingerprint density at radius 1 is 1.07 bits per heavy atom. The van der Waals surface area contributed by atoms with Gasteiger partial charge in [0.05, 0.1) is 0 Å². The third-order valence-corrected chi connectivity index (χ3v) is 5.26. The number of fused-ring (bicyclic) bond motifs is 1. The Hall–Kier alpha value is -2.14. The van der Waals surface area contributed by atoms with Crippen molar-refractivity contribution in [2.75, 3.05) is 29.9 Å². The van der Waals surface area contributed by atoms with E-state index in [1.807, 2.05) is 13.0 Å². The molecule has 5 heteroatoms. The summed E-state index contributed by atoms with van der Waals surface area (Å²) >= 11 is 0. The number of nitrogens with one attached hydrogen (secondary N) is 1. The van der Waals surface area contributed by atoms with Gasteiger partial charge in [-0.2, -0.15) is 4.98 Å². The fraction of sp³-hybridized carbons (Fsp3) is 0.545. The molecule has 27 heavy (non-hydrogen) atoms. The van der Waals surface area contributed by atoms with Gasteiger partial charge < -0.3 is 10.2 Å². The normalized spacial score (nSPS) is 14.1. The van der Waals surface area contributed by atoms with Gasteiger partial charge in [-0.15, -0.1) is 0 Å². The average molecular weight is 368 g/mol. The number of rotatable bonds is 7. The van der Waals surface area contributed by atoms with E-state index in [1.165, 1.54) is 11.1 Å². The highest BCUT2D eigenvalue weighted by Gasteiger charge is 2.19. The van der Waals surface area contributed by atoms with Gasteiger partial charge in [0.1, 0.15) is 5.82 Å². The fourth-order valence-electron chi connectivity index (χ4n) is 3.88. The minimum absolute atomic E-state index is 0.544. The molecule has 0 radical (unpaired) electrons. The number of hydrogen-bond acceptors (Lipinski definition) is 5. The van der Waals surface area contributed by atoms with Crippen LogP contribution in [0.4, 0.5) is 11.8 Å². The maximum absolute atomic E-state index is 4.80. The fourth-order valence-corrected chi connectivity index (χ4v) is 3.88. The predicted molar refractivity (Wildman–Crippen MR) is 113 cm³/mol. The molecule has 0 saturated carbocycles. The van der Waals surface area contributed by atoms with E-state index in [2.05, 4.69) is 67.1 Å². The highest BCUT2D eigenvalue weighted by Crippen LogP contribution is 2.23. The summed E-state index contributed by atoms with van der Waals surface area (Å²) in [6.45, 7) is 14.8. The Kier molecular flexibility index (Phi) is 6.32. The lowest BCUT2D eigenvalue weighted by molar-refractivity contribution is 0.182. The van der Waals surface area contributed by atoms with Gasteiger partial charge in [0.2, 0.25) is 5.95 Å². The first-order chi connectivity index (χ1) is 12.9. The molecule has 1 aromatic heterocycles. The minimum Gasteiger partial charge on any atom is -0.369 e. The standard InChI is InChI=1S/C22H33N5/c1-16(2)27(17(3)4)13-11-23-21-14-18(5)24-22(25-21)26-12-10-19-8-6-7-9-20(19)15-26/h6-9,14,16-17H,10-13,15H2,1-5H3,(H,23,24,25). The number of aromatic nitrogens is 2. The highest BCUT2D eigenvalue weighted by atomic mass is 15.3. The van der Waals surface area contributed by atoms with Crippen molar-refractivity contribution in [1.82, 2.24) is 14.9 Å². The monoisotopic (exact) mass is 367 g/mol. The summed E-state index contributed by atoms with van der Waals surface area (Å²) < 4.78 is 0. The van der Waals surface area contributed by atoms with Crippen molar-refractivity contribution in [2.24, 2.45) is 0 Å². The second-order valence-electron chi connectivity index (χ2n) is 7.99. The molecule has 0 amide bonds. The van der Waals surface area contributed by atoms with Crippen molar-refractivity contribution in [3.63, 3.8) is 0 Å². The zero-order chi connectivity index (χ0) is 19.4. The number of hydrogen-bond donors (Lipinski definition) is 1. The van der Waals surface area contributed by atoms with E-state index in [-0.39, 0.29) is 0 Å². The van der Waals surface area contributed by atoms with Crippen molar-refractivity contribution >= 4 is 11.8 Å². The van der Waals surface area contributed by atoms with Gasteiger partial charge in [0.15, 0.2) is 0 Å². The van der Waals surface area contributed by atoms with Crippen LogP contribution in [-0.2, 0) is 13.0 Å². The van der Waals surface area contributed by atoms with E-state index in [1.54, 1.807) is 0 Å². The van der Waals surface area contributed by atoms with Gasteiger partial charge in [-0.3, -0.25) is 4.90 Å². The number of aryl methyl sites for hydroxylation is 1. The quantitative estimate of drug-likeness (QED) is 0.805. The van der Waals surface area contributed by atoms with E-state index in [0.717, 1.165) is 50.1 Å². The summed E-state index contributed by atoms with van der Waals surface area (Å²) in [6.07, 6.45) is 1.05. The molecule has 1 N–H and O–H groups in total. The molecule has 0 spiro atoms. The first kappa shape index (κ1) is 19.6. The molecule has 0 aliphatic carbocycles. The van der Waals surface area contributed by atoms with Crippen molar-refractivity contribution in [3.05, 3.63) is 47.2 Å². The molecule has 3 rings (SSSR count). The summed E-state index contributed by atoms with van der Waals surface area (Å²) in [5, 5.41) is 3.50. The molecule has 0 saturated heterocycles. The SMILES string of the molecule is Cc1cc(NCCN(C(C)C)C(C)C)nc(N2CCc3ccccc3C2)n1. The summed E-state index contributed by atoms with van der Waals surface area (Å²) in [5.41, 5.74) is 3.83. The van der Waals surface area contributed by atoms with Crippen LogP contribution >= 0.6 is 0 Å². The lowest BCUT2D eigenvalue weighted by atomic mass is 10.0. The van der Waals surface area contributed by atoms with E-state index in [4.69, 9.17) is 9.97 Å². The summed E-state index contributed by atoms with van der Waals surface area (Å²) in [7, 11) is 0. The van der Waals surface area contributed by atoms with Crippen LogP contribution in [0.3, 0.4) is 0 Å².